The molecular weight excluding hydrogens is 194 g/mol. The van der Waals surface area contributed by atoms with E-state index in [0.29, 0.717) is 0 Å². The lowest BCUT2D eigenvalue weighted by molar-refractivity contribution is -0.385. The van der Waals surface area contributed by atoms with E-state index in [9.17, 15) is 14.9 Å². The molecule has 4 nitrogen and oxygen atoms in total. The van der Waals surface area contributed by atoms with Crippen LogP contribution in [0.15, 0.2) is 49.1 Å². The summed E-state index contributed by atoms with van der Waals surface area (Å²) >= 11 is 0. The molecule has 0 fully saturated rings. The number of hydrogen-bond acceptors (Lipinski definition) is 3. The number of benzene rings is 1. The smallest absolute Gasteiger partial charge is 0.280 e. The van der Waals surface area contributed by atoms with Gasteiger partial charge >= 0.3 is 0 Å². The molecule has 0 N–H and O–H groups in total. The fraction of sp³-hybridized carbons (Fsp3) is 0. The number of rotatable bonds is 4. The Hall–Kier alpha value is -2.23. The molecule has 0 aliphatic heterocycles. The molecule has 0 heterocycles. The van der Waals surface area contributed by atoms with Gasteiger partial charge in [-0.3, -0.25) is 14.9 Å². The number of carbonyl (C=O) groups excluding carboxylic acids is 1. The molecule has 4 heteroatoms. The molecule has 1 rings (SSSR count). The maximum atomic E-state index is 11.5. The first-order valence-electron chi connectivity index (χ1n) is 4.23. The van der Waals surface area contributed by atoms with Crippen molar-refractivity contribution in [2.45, 2.75) is 0 Å². The molecular formula is C11H9NO3. The second-order valence-corrected chi connectivity index (χ2v) is 2.73. The first kappa shape index (κ1) is 10.8. The van der Waals surface area contributed by atoms with Crippen LogP contribution in [0.5, 0.6) is 0 Å². The van der Waals surface area contributed by atoms with Gasteiger partial charge in [0.1, 0.15) is 0 Å². The zero-order valence-electron chi connectivity index (χ0n) is 7.92. The fourth-order valence-electron chi connectivity index (χ4n) is 1.09. The topological polar surface area (TPSA) is 60.2 Å². The molecule has 1 aromatic rings. The molecule has 15 heavy (non-hydrogen) atoms. The lowest BCUT2D eigenvalue weighted by atomic mass is 10.1. The van der Waals surface area contributed by atoms with Gasteiger partial charge in [0.15, 0.2) is 5.78 Å². The maximum Gasteiger partial charge on any atom is 0.280 e. The third-order valence-corrected chi connectivity index (χ3v) is 1.75. The van der Waals surface area contributed by atoms with Crippen LogP contribution >= 0.6 is 0 Å². The van der Waals surface area contributed by atoms with Gasteiger partial charge in [-0.1, -0.05) is 30.9 Å². The van der Waals surface area contributed by atoms with Gasteiger partial charge in [-0.2, -0.15) is 0 Å². The summed E-state index contributed by atoms with van der Waals surface area (Å²) in [6, 6.07) is 5.83. The van der Waals surface area contributed by atoms with Crippen molar-refractivity contribution in [2.75, 3.05) is 0 Å². The fourth-order valence-corrected chi connectivity index (χ4v) is 1.09. The highest BCUT2D eigenvalue weighted by Crippen LogP contribution is 2.18. The van der Waals surface area contributed by atoms with Gasteiger partial charge in [-0.15, -0.1) is 0 Å². The molecule has 0 aromatic heterocycles. The van der Waals surface area contributed by atoms with Crippen LogP contribution < -0.4 is 0 Å². The molecule has 76 valence electrons. The Kier molecular flexibility index (Phi) is 3.51. The highest BCUT2D eigenvalue weighted by Gasteiger charge is 2.16. The van der Waals surface area contributed by atoms with E-state index < -0.39 is 10.7 Å². The molecule has 0 spiro atoms. The average Bonchev–Trinajstić information content (AvgIpc) is 2.25. The molecule has 0 bridgehead atoms. The van der Waals surface area contributed by atoms with Gasteiger partial charge in [0, 0.05) is 6.07 Å². The second-order valence-electron chi connectivity index (χ2n) is 2.73. The zero-order valence-corrected chi connectivity index (χ0v) is 7.92. The molecule has 0 saturated carbocycles. The van der Waals surface area contributed by atoms with Crippen LogP contribution in [0.3, 0.4) is 0 Å². The minimum absolute atomic E-state index is 0.0839. The van der Waals surface area contributed by atoms with Crippen molar-refractivity contribution in [3.63, 3.8) is 0 Å². The Balaban J connectivity index is 3.13. The summed E-state index contributed by atoms with van der Waals surface area (Å²) in [5, 5.41) is 10.6. The summed E-state index contributed by atoms with van der Waals surface area (Å²) < 4.78 is 0. The van der Waals surface area contributed by atoms with Crippen molar-refractivity contribution in [2.24, 2.45) is 0 Å². The number of para-hydroxylation sites is 1. The van der Waals surface area contributed by atoms with Gasteiger partial charge in [-0.25, -0.2) is 0 Å². The van der Waals surface area contributed by atoms with Gasteiger partial charge in [-0.05, 0) is 12.1 Å². The summed E-state index contributed by atoms with van der Waals surface area (Å²) in [5.74, 6) is -0.401. The molecule has 1 aromatic carbocycles. The van der Waals surface area contributed by atoms with E-state index in [2.05, 4.69) is 6.58 Å². The van der Waals surface area contributed by atoms with Gasteiger partial charge in [0.25, 0.3) is 5.69 Å². The second kappa shape index (κ2) is 4.85. The molecule has 0 unspecified atom stereocenters. The number of nitro groups is 1. The van der Waals surface area contributed by atoms with Crippen molar-refractivity contribution < 1.29 is 9.72 Å². The number of allylic oxidation sites excluding steroid dienone is 3. The highest BCUT2D eigenvalue weighted by molar-refractivity contribution is 6.07. The lowest BCUT2D eigenvalue weighted by Crippen LogP contribution is -2.00. The predicted molar refractivity (Wildman–Crippen MR) is 56.8 cm³/mol. The summed E-state index contributed by atoms with van der Waals surface area (Å²) in [6.45, 7) is 3.41. The van der Waals surface area contributed by atoms with E-state index in [1.165, 1.54) is 36.4 Å². The van der Waals surface area contributed by atoms with Crippen LogP contribution in [-0.2, 0) is 0 Å². The van der Waals surface area contributed by atoms with Crippen LogP contribution in [0.25, 0.3) is 0 Å². The maximum absolute atomic E-state index is 11.5. The predicted octanol–water partition coefficient (Wildman–Crippen LogP) is 2.52. The zero-order chi connectivity index (χ0) is 11.3. The Labute approximate surface area is 86.7 Å². The van der Waals surface area contributed by atoms with E-state index in [1.807, 2.05) is 0 Å². The number of nitro benzene ring substituents is 1. The minimum atomic E-state index is -0.574. The first-order valence-corrected chi connectivity index (χ1v) is 4.23. The molecule has 0 atom stereocenters. The van der Waals surface area contributed by atoms with E-state index >= 15 is 0 Å². The Morgan fingerprint density at radius 1 is 1.40 bits per heavy atom. The molecule has 0 aliphatic carbocycles. The lowest BCUT2D eigenvalue weighted by Gasteiger charge is -1.97. The highest BCUT2D eigenvalue weighted by atomic mass is 16.6. The van der Waals surface area contributed by atoms with Crippen molar-refractivity contribution >= 4 is 11.5 Å². The van der Waals surface area contributed by atoms with E-state index in [1.54, 1.807) is 6.07 Å². The third-order valence-electron chi connectivity index (χ3n) is 1.75. The average molecular weight is 203 g/mol. The number of nitrogens with zero attached hydrogens (tertiary/aromatic N) is 1. The van der Waals surface area contributed by atoms with Crippen LogP contribution in [0.4, 0.5) is 5.69 Å². The number of hydrogen-bond donors (Lipinski definition) is 0. The number of ketones is 1. The summed E-state index contributed by atoms with van der Waals surface area (Å²) in [4.78, 5) is 21.5. The van der Waals surface area contributed by atoms with Crippen LogP contribution in [-0.4, -0.2) is 10.7 Å². The van der Waals surface area contributed by atoms with Crippen LogP contribution in [0.2, 0.25) is 0 Å². The molecule has 0 aliphatic rings. The largest absolute Gasteiger partial charge is 0.289 e. The van der Waals surface area contributed by atoms with Crippen molar-refractivity contribution in [3.8, 4) is 0 Å². The van der Waals surface area contributed by atoms with Gasteiger partial charge in [0.2, 0.25) is 0 Å². The SMILES string of the molecule is C=CC=CC(=O)c1ccccc1[N+](=O)[O-]. The van der Waals surface area contributed by atoms with E-state index in [0.717, 1.165) is 0 Å². The normalized spacial score (nSPS) is 10.1. The minimum Gasteiger partial charge on any atom is -0.289 e. The molecule has 0 radical (unpaired) electrons. The quantitative estimate of drug-likeness (QED) is 0.248. The Morgan fingerprint density at radius 2 is 2.07 bits per heavy atom. The van der Waals surface area contributed by atoms with E-state index in [-0.39, 0.29) is 11.3 Å². The Bertz CT molecular complexity index is 435. The van der Waals surface area contributed by atoms with Gasteiger partial charge in [0.05, 0.1) is 10.5 Å². The van der Waals surface area contributed by atoms with Crippen molar-refractivity contribution in [1.29, 1.82) is 0 Å². The number of carbonyl (C=O) groups is 1. The summed E-state index contributed by atoms with van der Waals surface area (Å²) in [6.07, 6.45) is 4.13. The van der Waals surface area contributed by atoms with Crippen molar-refractivity contribution in [1.82, 2.24) is 0 Å². The van der Waals surface area contributed by atoms with Crippen LogP contribution in [0.1, 0.15) is 10.4 Å². The van der Waals surface area contributed by atoms with E-state index in [4.69, 9.17) is 0 Å². The Morgan fingerprint density at radius 3 is 2.67 bits per heavy atom. The standard InChI is InChI=1S/C11H9NO3/c1-2-3-8-11(13)9-6-4-5-7-10(9)12(14)15/h2-8H,1H2. The molecule has 0 amide bonds. The summed E-state index contributed by atoms with van der Waals surface area (Å²) in [5.41, 5.74) is -0.100. The monoisotopic (exact) mass is 203 g/mol. The molecule has 0 saturated heterocycles. The summed E-state index contributed by atoms with van der Waals surface area (Å²) in [7, 11) is 0. The van der Waals surface area contributed by atoms with Crippen LogP contribution in [0, 0.1) is 10.1 Å². The first-order chi connectivity index (χ1) is 7.16. The third kappa shape index (κ3) is 2.60. The van der Waals surface area contributed by atoms with Gasteiger partial charge < -0.3 is 0 Å². The van der Waals surface area contributed by atoms with Crippen molar-refractivity contribution in [3.05, 3.63) is 64.8 Å².